The Labute approximate surface area is 121 Å². The van der Waals surface area contributed by atoms with Crippen LogP contribution in [0.5, 0.6) is 0 Å². The third-order valence-electron chi connectivity index (χ3n) is 3.04. The van der Waals surface area contributed by atoms with Crippen LogP contribution in [0.2, 0.25) is 5.15 Å². The molecule has 2 heterocycles. The fourth-order valence-corrected chi connectivity index (χ4v) is 2.13. The third kappa shape index (κ3) is 2.51. The summed E-state index contributed by atoms with van der Waals surface area (Å²) in [5.74, 6) is 0. The molecule has 0 bridgehead atoms. The van der Waals surface area contributed by atoms with Crippen LogP contribution in [-0.2, 0) is 0 Å². The summed E-state index contributed by atoms with van der Waals surface area (Å²) in [5, 5.41) is 10.9. The van der Waals surface area contributed by atoms with Crippen molar-refractivity contribution in [3.05, 3.63) is 53.7 Å². The first-order valence-electron chi connectivity index (χ1n) is 6.23. The Morgan fingerprint density at radius 3 is 2.55 bits per heavy atom. The lowest BCUT2D eigenvalue weighted by Crippen LogP contribution is -1.86. The van der Waals surface area contributed by atoms with Crippen molar-refractivity contribution in [1.82, 2.24) is 15.2 Å². The summed E-state index contributed by atoms with van der Waals surface area (Å²) in [6, 6.07) is 15.6. The maximum Gasteiger partial charge on any atom is 0.129 e. The number of nitrogens with one attached hydrogen (secondary N) is 2. The van der Waals surface area contributed by atoms with Gasteiger partial charge in [0.05, 0.1) is 17.1 Å². The molecule has 0 unspecified atom stereocenters. The number of anilines is 1. The molecule has 0 aliphatic carbocycles. The Hall–Kier alpha value is -2.33. The highest BCUT2D eigenvalue weighted by molar-refractivity contribution is 6.29. The van der Waals surface area contributed by atoms with Crippen molar-refractivity contribution >= 4 is 17.3 Å². The van der Waals surface area contributed by atoms with Crippen molar-refractivity contribution < 1.29 is 0 Å². The maximum atomic E-state index is 5.90. The number of hydrogen-bond donors (Lipinski definition) is 2. The first-order valence-corrected chi connectivity index (χ1v) is 6.60. The molecule has 0 spiro atoms. The van der Waals surface area contributed by atoms with Gasteiger partial charge in [0, 0.05) is 18.3 Å². The minimum atomic E-state index is 0.469. The molecule has 0 atom stereocenters. The third-order valence-corrected chi connectivity index (χ3v) is 3.25. The van der Waals surface area contributed by atoms with Crippen LogP contribution in [0, 0.1) is 0 Å². The van der Waals surface area contributed by atoms with Gasteiger partial charge in [-0.1, -0.05) is 29.8 Å². The van der Waals surface area contributed by atoms with Gasteiger partial charge in [-0.3, -0.25) is 5.10 Å². The van der Waals surface area contributed by atoms with Crippen LogP contribution in [0.15, 0.2) is 48.5 Å². The Kier molecular flexibility index (Phi) is 3.39. The highest BCUT2D eigenvalue weighted by atomic mass is 35.5. The Morgan fingerprint density at radius 1 is 1.05 bits per heavy atom. The smallest absolute Gasteiger partial charge is 0.129 e. The molecule has 3 aromatic rings. The molecular weight excluding hydrogens is 272 g/mol. The van der Waals surface area contributed by atoms with Crippen molar-refractivity contribution in [2.24, 2.45) is 0 Å². The average Bonchev–Trinajstić information content (AvgIpc) is 2.97. The highest BCUT2D eigenvalue weighted by Crippen LogP contribution is 2.24. The predicted octanol–water partition coefficient (Wildman–Crippen LogP) is 3.83. The average molecular weight is 285 g/mol. The van der Waals surface area contributed by atoms with Gasteiger partial charge in [0.15, 0.2) is 0 Å². The minimum Gasteiger partial charge on any atom is -0.388 e. The van der Waals surface area contributed by atoms with Crippen molar-refractivity contribution in [1.29, 1.82) is 0 Å². The predicted molar refractivity (Wildman–Crippen MR) is 81.8 cm³/mol. The lowest BCUT2D eigenvalue weighted by molar-refractivity contribution is 1.09. The molecule has 0 amide bonds. The first-order chi connectivity index (χ1) is 9.76. The summed E-state index contributed by atoms with van der Waals surface area (Å²) in [5.41, 5.74) is 4.63. The number of aromatic amines is 1. The quantitative estimate of drug-likeness (QED) is 0.719. The minimum absolute atomic E-state index is 0.469. The van der Waals surface area contributed by atoms with E-state index in [1.807, 2.05) is 49.5 Å². The molecule has 2 N–H and O–H groups in total. The summed E-state index contributed by atoms with van der Waals surface area (Å²) in [6.45, 7) is 0. The van der Waals surface area contributed by atoms with Gasteiger partial charge in [-0.05, 0) is 30.3 Å². The fourth-order valence-electron chi connectivity index (χ4n) is 1.97. The van der Waals surface area contributed by atoms with Gasteiger partial charge >= 0.3 is 0 Å². The molecule has 1 aromatic carbocycles. The van der Waals surface area contributed by atoms with Crippen LogP contribution in [0.25, 0.3) is 22.6 Å². The Bertz CT molecular complexity index is 719. The van der Waals surface area contributed by atoms with Gasteiger partial charge < -0.3 is 5.32 Å². The molecule has 3 rings (SSSR count). The lowest BCUT2D eigenvalue weighted by Gasteiger charge is -2.00. The summed E-state index contributed by atoms with van der Waals surface area (Å²) in [7, 11) is 1.90. The second-order valence-electron chi connectivity index (χ2n) is 4.34. The van der Waals surface area contributed by atoms with Crippen LogP contribution in [-0.4, -0.2) is 22.2 Å². The van der Waals surface area contributed by atoms with E-state index in [0.717, 1.165) is 28.3 Å². The second kappa shape index (κ2) is 5.35. The molecule has 0 radical (unpaired) electrons. The van der Waals surface area contributed by atoms with E-state index in [0.29, 0.717) is 5.15 Å². The van der Waals surface area contributed by atoms with E-state index in [1.54, 1.807) is 6.07 Å². The monoisotopic (exact) mass is 284 g/mol. The standard InChI is InChI=1S/C15H13ClN4/c1-17-11-7-5-10(6-8-11)13-9-14(20-19-13)12-3-2-4-15(16)18-12/h2-9,17H,1H3,(H,19,20). The molecule has 2 aromatic heterocycles. The van der Waals surface area contributed by atoms with Crippen LogP contribution < -0.4 is 5.32 Å². The molecule has 0 aliphatic heterocycles. The lowest BCUT2D eigenvalue weighted by atomic mass is 10.1. The van der Waals surface area contributed by atoms with Crippen LogP contribution in [0.3, 0.4) is 0 Å². The van der Waals surface area contributed by atoms with Crippen LogP contribution >= 0.6 is 11.6 Å². The number of nitrogens with zero attached hydrogens (tertiary/aromatic N) is 2. The number of hydrogen-bond acceptors (Lipinski definition) is 3. The van der Waals surface area contributed by atoms with E-state index in [4.69, 9.17) is 11.6 Å². The zero-order chi connectivity index (χ0) is 13.9. The van der Waals surface area contributed by atoms with Gasteiger partial charge in [0.2, 0.25) is 0 Å². The van der Waals surface area contributed by atoms with Crippen LogP contribution in [0.1, 0.15) is 0 Å². The first kappa shape index (κ1) is 12.7. The molecule has 20 heavy (non-hydrogen) atoms. The van der Waals surface area contributed by atoms with E-state index < -0.39 is 0 Å². The molecular formula is C15H13ClN4. The number of H-pyrrole nitrogens is 1. The number of pyridine rings is 1. The maximum absolute atomic E-state index is 5.90. The molecule has 0 saturated carbocycles. The normalized spacial score (nSPS) is 10.5. The van der Waals surface area contributed by atoms with E-state index in [1.165, 1.54) is 0 Å². The summed E-state index contributed by atoms with van der Waals surface area (Å²) >= 11 is 5.90. The largest absolute Gasteiger partial charge is 0.388 e. The van der Waals surface area contributed by atoms with Crippen molar-refractivity contribution in [2.75, 3.05) is 12.4 Å². The summed E-state index contributed by atoms with van der Waals surface area (Å²) in [6.07, 6.45) is 0. The van der Waals surface area contributed by atoms with E-state index in [-0.39, 0.29) is 0 Å². The molecule has 0 aliphatic rings. The van der Waals surface area contributed by atoms with Gasteiger partial charge in [-0.2, -0.15) is 5.10 Å². The highest BCUT2D eigenvalue weighted by Gasteiger charge is 2.07. The number of benzene rings is 1. The van der Waals surface area contributed by atoms with E-state index in [9.17, 15) is 0 Å². The number of rotatable bonds is 3. The van der Waals surface area contributed by atoms with Gasteiger partial charge in [0.1, 0.15) is 5.15 Å². The topological polar surface area (TPSA) is 53.6 Å². The molecule has 100 valence electrons. The van der Waals surface area contributed by atoms with Gasteiger partial charge in [-0.15, -0.1) is 0 Å². The Morgan fingerprint density at radius 2 is 1.85 bits per heavy atom. The van der Waals surface area contributed by atoms with Crippen molar-refractivity contribution in [3.8, 4) is 22.6 Å². The van der Waals surface area contributed by atoms with Crippen molar-refractivity contribution in [2.45, 2.75) is 0 Å². The number of aromatic nitrogens is 3. The molecule has 0 saturated heterocycles. The number of halogens is 1. The molecule has 4 nitrogen and oxygen atoms in total. The van der Waals surface area contributed by atoms with E-state index >= 15 is 0 Å². The fraction of sp³-hybridized carbons (Fsp3) is 0.0667. The van der Waals surface area contributed by atoms with E-state index in [2.05, 4.69) is 20.5 Å². The van der Waals surface area contributed by atoms with Gasteiger partial charge in [-0.25, -0.2) is 4.98 Å². The van der Waals surface area contributed by atoms with Gasteiger partial charge in [0.25, 0.3) is 0 Å². The van der Waals surface area contributed by atoms with Crippen molar-refractivity contribution in [3.63, 3.8) is 0 Å². The Balaban J connectivity index is 1.93. The summed E-state index contributed by atoms with van der Waals surface area (Å²) in [4.78, 5) is 4.26. The second-order valence-corrected chi connectivity index (χ2v) is 4.73. The van der Waals surface area contributed by atoms with Crippen LogP contribution in [0.4, 0.5) is 5.69 Å². The zero-order valence-corrected chi connectivity index (χ0v) is 11.6. The SMILES string of the molecule is CNc1ccc(-c2cc(-c3cccc(Cl)n3)[nH]n2)cc1. The summed E-state index contributed by atoms with van der Waals surface area (Å²) < 4.78 is 0. The zero-order valence-electron chi connectivity index (χ0n) is 10.9. The molecule has 5 heteroatoms. The molecule has 0 fully saturated rings.